The van der Waals surface area contributed by atoms with Crippen molar-refractivity contribution < 1.29 is 9.90 Å². The molecule has 0 aromatic heterocycles. The van der Waals surface area contributed by atoms with Gasteiger partial charge in [0.25, 0.3) is 0 Å². The Kier molecular flexibility index (Phi) is 4.73. The number of carboxylic acids is 1. The summed E-state index contributed by atoms with van der Waals surface area (Å²) in [6.45, 7) is 0. The van der Waals surface area contributed by atoms with Gasteiger partial charge in [0, 0.05) is 0 Å². The molecule has 16 heavy (non-hydrogen) atoms. The first-order valence-corrected chi connectivity index (χ1v) is 4.90. The first kappa shape index (κ1) is 11.9. The monoisotopic (exact) mass is 215 g/mol. The summed E-state index contributed by atoms with van der Waals surface area (Å²) in [6.07, 6.45) is 16.0. The zero-order chi connectivity index (χ0) is 11.8. The minimum atomic E-state index is -1.03. The third kappa shape index (κ3) is 4.37. The summed E-state index contributed by atoms with van der Waals surface area (Å²) in [7, 11) is 0. The van der Waals surface area contributed by atoms with Crippen LogP contribution in [0.3, 0.4) is 0 Å². The van der Waals surface area contributed by atoms with Gasteiger partial charge in [0.1, 0.15) is 0 Å². The van der Waals surface area contributed by atoms with Crippen molar-refractivity contribution in [3.8, 4) is 0 Å². The molecule has 1 rings (SSSR count). The molecule has 0 radical (unpaired) electrons. The van der Waals surface area contributed by atoms with E-state index in [1.165, 1.54) is 12.2 Å². The molecule has 0 atom stereocenters. The van der Waals surface area contributed by atoms with Gasteiger partial charge in [0.15, 0.2) is 0 Å². The highest BCUT2D eigenvalue weighted by Crippen LogP contribution is 2.01. The highest BCUT2D eigenvalue weighted by Gasteiger charge is 2.02. The molecule has 0 aromatic carbocycles. The lowest BCUT2D eigenvalue weighted by Gasteiger charge is -1.94. The molecule has 0 amide bonds. The quantitative estimate of drug-likeness (QED) is 0.706. The molecule has 1 aliphatic carbocycles. The van der Waals surface area contributed by atoms with Crippen LogP contribution in [0.5, 0.6) is 0 Å². The maximum atomic E-state index is 10.8. The zero-order valence-corrected chi connectivity index (χ0v) is 8.76. The van der Waals surface area contributed by atoms with Crippen LogP contribution in [-0.4, -0.2) is 16.8 Å². The summed E-state index contributed by atoms with van der Waals surface area (Å²) in [5.74, 6) is -1.03. The van der Waals surface area contributed by atoms with Gasteiger partial charge >= 0.3 is 5.97 Å². The van der Waals surface area contributed by atoms with Crippen molar-refractivity contribution in [2.24, 2.45) is 0 Å². The summed E-state index contributed by atoms with van der Waals surface area (Å²) in [6, 6.07) is 0. The lowest BCUT2D eigenvalue weighted by molar-refractivity contribution is -0.132. The second kappa shape index (κ2) is 6.35. The Labute approximate surface area is 94.3 Å². The number of hydrogen-bond acceptors (Lipinski definition) is 2. The Morgan fingerprint density at radius 3 is 2.62 bits per heavy atom. The predicted molar refractivity (Wildman–Crippen MR) is 64.6 cm³/mol. The van der Waals surface area contributed by atoms with E-state index in [2.05, 4.69) is 0 Å². The first-order valence-electron chi connectivity index (χ1n) is 4.90. The van der Waals surface area contributed by atoms with Crippen LogP contribution < -0.4 is 0 Å². The second-order valence-corrected chi connectivity index (χ2v) is 3.17. The third-order valence-corrected chi connectivity index (χ3v) is 1.87. The van der Waals surface area contributed by atoms with Gasteiger partial charge in [-0.1, -0.05) is 36.5 Å². The van der Waals surface area contributed by atoms with E-state index in [9.17, 15) is 4.79 Å². The molecule has 1 aliphatic rings. The minimum absolute atomic E-state index is 0.101. The second-order valence-electron chi connectivity index (χ2n) is 3.17. The molecule has 0 fully saturated rings. The van der Waals surface area contributed by atoms with Crippen molar-refractivity contribution in [3.05, 3.63) is 60.3 Å². The molecule has 3 nitrogen and oxygen atoms in total. The normalized spacial score (nSPS) is 27.8. The Morgan fingerprint density at radius 2 is 1.88 bits per heavy atom. The van der Waals surface area contributed by atoms with Crippen molar-refractivity contribution in [2.45, 2.75) is 6.42 Å². The SMILES string of the molecule is N=C1/C=C\C\C=C/C=C\C=C\C(C(=O)O)=C/1. The Morgan fingerprint density at radius 1 is 1.12 bits per heavy atom. The molecule has 0 bridgehead atoms. The lowest BCUT2D eigenvalue weighted by atomic mass is 10.1. The smallest absolute Gasteiger partial charge is 0.335 e. The third-order valence-electron chi connectivity index (χ3n) is 1.87. The van der Waals surface area contributed by atoms with Gasteiger partial charge in [0.05, 0.1) is 11.3 Å². The van der Waals surface area contributed by atoms with Gasteiger partial charge in [-0.2, -0.15) is 0 Å². The van der Waals surface area contributed by atoms with Crippen LogP contribution in [-0.2, 0) is 4.79 Å². The molecule has 3 heteroatoms. The number of carboxylic acid groups (broad SMARTS) is 1. The number of nitrogens with one attached hydrogen (secondary N) is 1. The average Bonchev–Trinajstić information content (AvgIpc) is 2.22. The molecule has 0 aromatic rings. The first-order chi connectivity index (χ1) is 7.70. The van der Waals surface area contributed by atoms with Crippen molar-refractivity contribution >= 4 is 11.7 Å². The van der Waals surface area contributed by atoms with Gasteiger partial charge in [0.2, 0.25) is 0 Å². The lowest BCUT2D eigenvalue weighted by Crippen LogP contribution is -2.00. The van der Waals surface area contributed by atoms with Gasteiger partial charge in [-0.25, -0.2) is 4.79 Å². The van der Waals surface area contributed by atoms with E-state index in [0.29, 0.717) is 0 Å². The largest absolute Gasteiger partial charge is 0.478 e. The molecule has 0 heterocycles. The Hall–Kier alpha value is -2.16. The maximum Gasteiger partial charge on any atom is 0.335 e. The molecule has 0 spiro atoms. The van der Waals surface area contributed by atoms with Crippen LogP contribution in [0, 0.1) is 5.41 Å². The van der Waals surface area contributed by atoms with Crippen molar-refractivity contribution in [3.63, 3.8) is 0 Å². The summed E-state index contributed by atoms with van der Waals surface area (Å²) in [5, 5.41) is 16.4. The Balaban J connectivity index is 3.00. The van der Waals surface area contributed by atoms with Crippen LogP contribution in [0.25, 0.3) is 0 Å². The minimum Gasteiger partial charge on any atom is -0.478 e. The van der Waals surface area contributed by atoms with E-state index in [1.54, 1.807) is 18.2 Å². The molecular formula is C13H13NO2. The maximum absolute atomic E-state index is 10.8. The standard InChI is InChI=1S/C13H13NO2/c14-12-9-7-5-3-1-2-4-6-8-11(10-12)13(15)16/h1-4,6-10,14H,5H2,(H,15,16)/b3-1-,4-2-,8-6+,9-7-,11-10+,14-12?. The van der Waals surface area contributed by atoms with Gasteiger partial charge in [-0.05, 0) is 24.6 Å². The number of carbonyl (C=O) groups is 1. The molecule has 0 aliphatic heterocycles. The van der Waals surface area contributed by atoms with Crippen molar-refractivity contribution in [1.82, 2.24) is 0 Å². The zero-order valence-electron chi connectivity index (χ0n) is 8.76. The Bertz CT molecular complexity index is 423. The summed E-state index contributed by atoms with van der Waals surface area (Å²) in [5.41, 5.74) is 0.281. The van der Waals surface area contributed by atoms with Crippen LogP contribution in [0.15, 0.2) is 60.3 Å². The molecule has 0 unspecified atom stereocenters. The van der Waals surface area contributed by atoms with Crippen molar-refractivity contribution in [2.75, 3.05) is 0 Å². The van der Waals surface area contributed by atoms with E-state index in [0.717, 1.165) is 6.42 Å². The average molecular weight is 215 g/mol. The number of allylic oxidation sites excluding steroid dienone is 8. The molecular weight excluding hydrogens is 202 g/mol. The van der Waals surface area contributed by atoms with E-state index in [4.69, 9.17) is 10.5 Å². The summed E-state index contributed by atoms with van der Waals surface area (Å²) >= 11 is 0. The van der Waals surface area contributed by atoms with Crippen LogP contribution >= 0.6 is 0 Å². The topological polar surface area (TPSA) is 61.2 Å². The van der Waals surface area contributed by atoms with E-state index in [-0.39, 0.29) is 11.3 Å². The molecule has 2 N–H and O–H groups in total. The fourth-order valence-corrected chi connectivity index (χ4v) is 1.12. The van der Waals surface area contributed by atoms with Crippen LogP contribution in [0.2, 0.25) is 0 Å². The summed E-state index contributed by atoms with van der Waals surface area (Å²) in [4.78, 5) is 10.8. The van der Waals surface area contributed by atoms with E-state index >= 15 is 0 Å². The summed E-state index contributed by atoms with van der Waals surface area (Å²) < 4.78 is 0. The predicted octanol–water partition coefficient (Wildman–Crippen LogP) is 2.65. The van der Waals surface area contributed by atoms with Gasteiger partial charge < -0.3 is 10.5 Å². The van der Waals surface area contributed by atoms with Crippen molar-refractivity contribution in [1.29, 1.82) is 5.41 Å². The fourth-order valence-electron chi connectivity index (χ4n) is 1.12. The van der Waals surface area contributed by atoms with Gasteiger partial charge in [-0.3, -0.25) is 0 Å². The van der Waals surface area contributed by atoms with Crippen LogP contribution in [0.4, 0.5) is 0 Å². The molecule has 82 valence electrons. The highest BCUT2D eigenvalue weighted by molar-refractivity contribution is 6.07. The van der Waals surface area contributed by atoms with Gasteiger partial charge in [-0.15, -0.1) is 0 Å². The number of hydrogen-bond donors (Lipinski definition) is 2. The van der Waals surface area contributed by atoms with Crippen LogP contribution in [0.1, 0.15) is 6.42 Å². The van der Waals surface area contributed by atoms with E-state index in [1.807, 2.05) is 24.3 Å². The molecule has 0 saturated carbocycles. The highest BCUT2D eigenvalue weighted by atomic mass is 16.4. The number of aliphatic carboxylic acids is 1. The van der Waals surface area contributed by atoms with E-state index < -0.39 is 5.97 Å². The number of rotatable bonds is 1. The molecule has 0 saturated heterocycles. The fraction of sp³-hybridized carbons (Fsp3) is 0.0769.